The van der Waals surface area contributed by atoms with E-state index in [1.54, 1.807) is 0 Å². The minimum absolute atomic E-state index is 0.0759. The predicted molar refractivity (Wildman–Crippen MR) is 127 cm³/mol. The second-order valence-electron chi connectivity index (χ2n) is 9.18. The molecule has 1 aliphatic carbocycles. The maximum atomic E-state index is 10.3. The minimum Gasteiger partial charge on any atom is -0.399 e. The molecule has 4 rings (SSSR count). The van der Waals surface area contributed by atoms with Crippen LogP contribution in [0.4, 0.5) is 0 Å². The van der Waals surface area contributed by atoms with Crippen LogP contribution in [0.3, 0.4) is 0 Å². The van der Waals surface area contributed by atoms with Gasteiger partial charge in [0.05, 0.1) is 23.4 Å². The highest BCUT2D eigenvalue weighted by Gasteiger charge is 2.54. The van der Waals surface area contributed by atoms with Gasteiger partial charge in [-0.05, 0) is 28.2 Å². The van der Waals surface area contributed by atoms with Crippen molar-refractivity contribution >= 4 is 0 Å². The highest BCUT2D eigenvalue weighted by molar-refractivity contribution is 5.59. The van der Waals surface area contributed by atoms with E-state index in [2.05, 4.69) is 67.3 Å². The Labute approximate surface area is 195 Å². The van der Waals surface area contributed by atoms with Crippen molar-refractivity contribution < 1.29 is 0 Å². The number of nitrogens with zero attached hydrogens (tertiary/aromatic N) is 4. The fraction of sp³-hybridized carbons (Fsp3) is 0.321. The van der Waals surface area contributed by atoms with Crippen molar-refractivity contribution in [3.05, 3.63) is 94.2 Å². The van der Waals surface area contributed by atoms with Crippen LogP contribution in [0.1, 0.15) is 42.4 Å². The molecular weight excluding hydrogens is 406 g/mol. The number of rotatable bonds is 4. The van der Waals surface area contributed by atoms with Crippen LogP contribution in [-0.2, 0) is 6.54 Å². The number of fused-ring (bicyclic) bond motifs is 1. The van der Waals surface area contributed by atoms with Gasteiger partial charge in [-0.15, -0.1) is 0 Å². The SMILES string of the molecule is CC(C)c1ccc([C@@H]2[C@@H]3CN(Cc4ccccc4)CC=C3C(C#N)=C(N)C2(C#N)C#N)cc1. The van der Waals surface area contributed by atoms with Gasteiger partial charge in [0.15, 0.2) is 5.41 Å². The molecule has 33 heavy (non-hydrogen) atoms. The van der Waals surface area contributed by atoms with Gasteiger partial charge < -0.3 is 5.73 Å². The van der Waals surface area contributed by atoms with Gasteiger partial charge in [-0.25, -0.2) is 0 Å². The van der Waals surface area contributed by atoms with Crippen molar-refractivity contribution in [2.45, 2.75) is 32.2 Å². The number of nitrogens with two attached hydrogens (primary N) is 1. The molecule has 0 spiro atoms. The molecule has 0 fully saturated rings. The van der Waals surface area contributed by atoms with E-state index in [-0.39, 0.29) is 17.2 Å². The molecule has 0 bridgehead atoms. The van der Waals surface area contributed by atoms with Crippen molar-refractivity contribution in [2.24, 2.45) is 17.1 Å². The normalized spacial score (nSPS) is 22.0. The summed E-state index contributed by atoms with van der Waals surface area (Å²) in [5.74, 6) is -0.270. The first-order chi connectivity index (χ1) is 15.9. The van der Waals surface area contributed by atoms with E-state index in [0.717, 1.165) is 17.7 Å². The molecular formula is C28H27N5. The average molecular weight is 434 g/mol. The highest BCUT2D eigenvalue weighted by Crippen LogP contribution is 2.54. The summed E-state index contributed by atoms with van der Waals surface area (Å²) in [6.45, 7) is 6.35. The van der Waals surface area contributed by atoms with Crippen LogP contribution in [-0.4, -0.2) is 18.0 Å². The third-order valence-corrected chi connectivity index (χ3v) is 6.95. The fourth-order valence-electron chi connectivity index (χ4n) is 5.17. The molecule has 0 saturated heterocycles. The quantitative estimate of drug-likeness (QED) is 0.751. The number of hydrogen-bond acceptors (Lipinski definition) is 5. The lowest BCUT2D eigenvalue weighted by Crippen LogP contribution is -2.47. The van der Waals surface area contributed by atoms with Gasteiger partial charge >= 0.3 is 0 Å². The molecule has 2 aromatic carbocycles. The topological polar surface area (TPSA) is 101 Å². The van der Waals surface area contributed by atoms with E-state index in [1.165, 1.54) is 11.1 Å². The maximum absolute atomic E-state index is 10.3. The molecule has 1 heterocycles. The Bertz CT molecular complexity index is 1200. The van der Waals surface area contributed by atoms with Gasteiger partial charge in [0, 0.05) is 31.5 Å². The molecule has 0 radical (unpaired) electrons. The van der Waals surface area contributed by atoms with Crippen LogP contribution in [0.15, 0.2) is 77.5 Å². The van der Waals surface area contributed by atoms with Crippen molar-refractivity contribution in [3.8, 4) is 18.2 Å². The second kappa shape index (κ2) is 8.95. The molecule has 1 aliphatic heterocycles. The zero-order valence-electron chi connectivity index (χ0n) is 19.0. The second-order valence-corrected chi connectivity index (χ2v) is 9.18. The van der Waals surface area contributed by atoms with Crippen LogP contribution in [0.2, 0.25) is 0 Å². The fourth-order valence-corrected chi connectivity index (χ4v) is 5.17. The van der Waals surface area contributed by atoms with E-state index >= 15 is 0 Å². The summed E-state index contributed by atoms with van der Waals surface area (Å²) in [7, 11) is 0. The van der Waals surface area contributed by atoms with Crippen molar-refractivity contribution in [1.29, 1.82) is 15.8 Å². The zero-order chi connectivity index (χ0) is 23.6. The average Bonchev–Trinajstić information content (AvgIpc) is 2.84. The summed E-state index contributed by atoms with van der Waals surface area (Å²) in [4.78, 5) is 2.30. The Hall–Kier alpha value is -3.85. The summed E-state index contributed by atoms with van der Waals surface area (Å²) in [6.07, 6.45) is 2.05. The van der Waals surface area contributed by atoms with Gasteiger partial charge in [-0.2, -0.15) is 15.8 Å². The lowest BCUT2D eigenvalue weighted by molar-refractivity contribution is 0.201. The lowest BCUT2D eigenvalue weighted by Gasteiger charge is -2.45. The predicted octanol–water partition coefficient (Wildman–Crippen LogP) is 4.74. The van der Waals surface area contributed by atoms with Crippen LogP contribution in [0.25, 0.3) is 0 Å². The molecule has 0 unspecified atom stereocenters. The van der Waals surface area contributed by atoms with Crippen LogP contribution in [0.5, 0.6) is 0 Å². The molecule has 2 aliphatic rings. The van der Waals surface area contributed by atoms with Gasteiger partial charge in [0.1, 0.15) is 6.07 Å². The van der Waals surface area contributed by atoms with Gasteiger partial charge in [-0.3, -0.25) is 4.90 Å². The smallest absolute Gasteiger partial charge is 0.191 e. The molecule has 0 aromatic heterocycles. The third kappa shape index (κ3) is 3.80. The number of benzene rings is 2. The molecule has 2 atom stereocenters. The van der Waals surface area contributed by atoms with E-state index < -0.39 is 11.3 Å². The van der Waals surface area contributed by atoms with Gasteiger partial charge in [-0.1, -0.05) is 74.5 Å². The van der Waals surface area contributed by atoms with Gasteiger partial charge in [0.25, 0.3) is 0 Å². The molecule has 5 nitrogen and oxygen atoms in total. The summed E-state index contributed by atoms with van der Waals surface area (Å²) >= 11 is 0. The first-order valence-corrected chi connectivity index (χ1v) is 11.2. The molecule has 2 N–H and O–H groups in total. The summed E-state index contributed by atoms with van der Waals surface area (Å²) in [5.41, 5.74) is 9.35. The van der Waals surface area contributed by atoms with Crippen LogP contribution >= 0.6 is 0 Å². The highest BCUT2D eigenvalue weighted by atomic mass is 15.1. The Balaban J connectivity index is 1.83. The van der Waals surface area contributed by atoms with Crippen molar-refractivity contribution in [3.63, 3.8) is 0 Å². The summed E-state index contributed by atoms with van der Waals surface area (Å²) < 4.78 is 0. The minimum atomic E-state index is -1.60. The van der Waals surface area contributed by atoms with E-state index in [1.807, 2.05) is 30.3 Å². The van der Waals surface area contributed by atoms with Crippen molar-refractivity contribution in [2.75, 3.05) is 13.1 Å². The van der Waals surface area contributed by atoms with Crippen LogP contribution in [0, 0.1) is 45.3 Å². The first kappa shape index (κ1) is 22.3. The first-order valence-electron chi connectivity index (χ1n) is 11.2. The number of allylic oxidation sites excluding steroid dienone is 2. The zero-order valence-corrected chi connectivity index (χ0v) is 19.0. The summed E-state index contributed by atoms with van der Waals surface area (Å²) in [6, 6.07) is 25.0. The van der Waals surface area contributed by atoms with E-state index in [9.17, 15) is 15.8 Å². The molecule has 2 aromatic rings. The van der Waals surface area contributed by atoms with E-state index in [4.69, 9.17) is 5.73 Å². The van der Waals surface area contributed by atoms with Gasteiger partial charge in [0.2, 0.25) is 0 Å². The maximum Gasteiger partial charge on any atom is 0.191 e. The Morgan fingerprint density at radius 3 is 2.27 bits per heavy atom. The summed E-state index contributed by atoms with van der Waals surface area (Å²) in [5, 5.41) is 30.4. The molecule has 5 heteroatoms. The molecule has 0 saturated carbocycles. The van der Waals surface area contributed by atoms with Crippen molar-refractivity contribution in [1.82, 2.24) is 4.90 Å². The Kier molecular flexibility index (Phi) is 6.06. The largest absolute Gasteiger partial charge is 0.399 e. The standard InChI is InChI=1S/C28H27N5/c1-19(2)21-8-10-22(11-9-21)26-25-16-33(15-20-6-4-3-5-7-20)13-12-23(25)24(14-29)27(32)28(26,17-30)18-31/h3-12,19,25-26H,13,15-16,32H2,1-2H3/t25-,26-/m1/s1. The number of hydrogen-bond donors (Lipinski definition) is 1. The Morgan fingerprint density at radius 2 is 1.70 bits per heavy atom. The lowest BCUT2D eigenvalue weighted by atomic mass is 9.58. The monoisotopic (exact) mass is 433 g/mol. The Morgan fingerprint density at radius 1 is 1.03 bits per heavy atom. The number of nitriles is 3. The van der Waals surface area contributed by atoms with Crippen LogP contribution < -0.4 is 5.73 Å². The molecule has 0 amide bonds. The third-order valence-electron chi connectivity index (χ3n) is 6.95. The van der Waals surface area contributed by atoms with E-state index in [0.29, 0.717) is 19.0 Å². The molecule has 164 valence electrons.